The first-order valence-electron chi connectivity index (χ1n) is 10.0. The van der Waals surface area contributed by atoms with Gasteiger partial charge in [0.2, 0.25) is 5.91 Å². The molecule has 3 rings (SSSR count). The molecule has 0 spiro atoms. The van der Waals surface area contributed by atoms with Gasteiger partial charge in [0, 0.05) is 13.1 Å². The van der Waals surface area contributed by atoms with Crippen molar-refractivity contribution in [3.05, 3.63) is 35.9 Å². The van der Waals surface area contributed by atoms with Crippen LogP contribution >= 0.6 is 0 Å². The van der Waals surface area contributed by atoms with Crippen LogP contribution in [0, 0.1) is 11.8 Å². The molecule has 1 aromatic rings. The average molecular weight is 413 g/mol. The summed E-state index contributed by atoms with van der Waals surface area (Å²) in [6.07, 6.45) is 2.31. The van der Waals surface area contributed by atoms with Gasteiger partial charge in [-0.2, -0.15) is 0 Å². The Morgan fingerprint density at radius 1 is 1.30 bits per heavy atom. The second-order valence-corrected chi connectivity index (χ2v) is 7.44. The summed E-state index contributed by atoms with van der Waals surface area (Å²) in [6.45, 7) is 2.50. The van der Waals surface area contributed by atoms with E-state index in [0.29, 0.717) is 26.0 Å². The SMILES string of the molecule is CCOC(=O)[C@@H]1[C@@H]2CC[C@H](NC(=O)C(N)=NC=NCc3ccccc3)C(=O)N(C)[C@@H]21. The Bertz CT molecular complexity index is 854. The molecule has 2 fully saturated rings. The normalized spacial score (nSPS) is 26.1. The summed E-state index contributed by atoms with van der Waals surface area (Å²) in [6, 6.07) is 8.73. The number of likely N-dealkylation sites (N-methyl/N-ethyl adjacent to an activating group) is 1. The summed E-state index contributed by atoms with van der Waals surface area (Å²) in [7, 11) is 1.65. The minimum Gasteiger partial charge on any atom is -0.466 e. The number of rotatable bonds is 6. The molecule has 0 bridgehead atoms. The number of hydrogen-bond donors (Lipinski definition) is 2. The van der Waals surface area contributed by atoms with Crippen molar-refractivity contribution >= 4 is 30.0 Å². The topological polar surface area (TPSA) is 126 Å². The van der Waals surface area contributed by atoms with Crippen LogP contribution in [0.2, 0.25) is 0 Å². The zero-order chi connectivity index (χ0) is 21.7. The lowest BCUT2D eigenvalue weighted by Crippen LogP contribution is -2.50. The van der Waals surface area contributed by atoms with Gasteiger partial charge in [0.1, 0.15) is 12.4 Å². The molecule has 1 saturated carbocycles. The summed E-state index contributed by atoms with van der Waals surface area (Å²) >= 11 is 0. The maximum atomic E-state index is 12.7. The van der Waals surface area contributed by atoms with Gasteiger partial charge in [0.05, 0.1) is 19.1 Å². The number of benzene rings is 1. The quantitative estimate of drug-likeness (QED) is 0.399. The number of esters is 1. The van der Waals surface area contributed by atoms with E-state index in [1.807, 2.05) is 30.3 Å². The van der Waals surface area contributed by atoms with Crippen molar-refractivity contribution in [3.63, 3.8) is 0 Å². The molecule has 1 aliphatic heterocycles. The molecule has 1 aromatic carbocycles. The Hall–Kier alpha value is -3.23. The lowest BCUT2D eigenvalue weighted by Gasteiger charge is -2.23. The van der Waals surface area contributed by atoms with Crippen LogP contribution in [-0.2, 0) is 25.7 Å². The van der Waals surface area contributed by atoms with E-state index in [0.717, 1.165) is 5.56 Å². The third-order valence-corrected chi connectivity index (χ3v) is 5.50. The summed E-state index contributed by atoms with van der Waals surface area (Å²) < 4.78 is 5.09. The highest BCUT2D eigenvalue weighted by atomic mass is 16.5. The number of hydrogen-bond acceptors (Lipinski definition) is 5. The number of nitrogens with zero attached hydrogens (tertiary/aromatic N) is 3. The van der Waals surface area contributed by atoms with E-state index in [-0.39, 0.29) is 35.6 Å². The highest BCUT2D eigenvalue weighted by Crippen LogP contribution is 2.48. The Morgan fingerprint density at radius 2 is 2.03 bits per heavy atom. The molecule has 4 atom stereocenters. The second kappa shape index (κ2) is 9.51. The predicted octanol–water partition coefficient (Wildman–Crippen LogP) is 0.487. The summed E-state index contributed by atoms with van der Waals surface area (Å²) in [5.41, 5.74) is 6.74. The van der Waals surface area contributed by atoms with Gasteiger partial charge in [-0.15, -0.1) is 0 Å². The van der Waals surface area contributed by atoms with Gasteiger partial charge in [-0.25, -0.2) is 4.99 Å². The summed E-state index contributed by atoms with van der Waals surface area (Å²) in [4.78, 5) is 46.6. The molecular formula is C21H27N5O4. The van der Waals surface area contributed by atoms with E-state index < -0.39 is 11.9 Å². The molecule has 1 aliphatic carbocycles. The maximum absolute atomic E-state index is 12.7. The number of nitrogens with two attached hydrogens (primary N) is 1. The van der Waals surface area contributed by atoms with Crippen molar-refractivity contribution in [3.8, 4) is 0 Å². The van der Waals surface area contributed by atoms with Gasteiger partial charge < -0.3 is 20.7 Å². The average Bonchev–Trinajstić information content (AvgIpc) is 3.49. The van der Waals surface area contributed by atoms with Crippen LogP contribution < -0.4 is 11.1 Å². The largest absolute Gasteiger partial charge is 0.466 e. The van der Waals surface area contributed by atoms with Crippen molar-refractivity contribution in [2.24, 2.45) is 27.6 Å². The fourth-order valence-corrected chi connectivity index (χ4v) is 3.92. The Morgan fingerprint density at radius 3 is 2.73 bits per heavy atom. The van der Waals surface area contributed by atoms with Gasteiger partial charge >= 0.3 is 5.97 Å². The van der Waals surface area contributed by atoms with Crippen molar-refractivity contribution < 1.29 is 19.1 Å². The number of aliphatic imine (C=N–C) groups is 2. The Kier molecular flexibility index (Phi) is 6.81. The first-order chi connectivity index (χ1) is 14.4. The van der Waals surface area contributed by atoms with E-state index in [2.05, 4.69) is 15.3 Å². The van der Waals surface area contributed by atoms with Crippen LogP contribution in [0.3, 0.4) is 0 Å². The molecule has 2 amide bonds. The molecule has 2 aliphatic rings. The lowest BCUT2D eigenvalue weighted by atomic mass is 10.1. The Balaban J connectivity index is 1.53. The monoisotopic (exact) mass is 413 g/mol. The van der Waals surface area contributed by atoms with Gasteiger partial charge in [0.15, 0.2) is 5.84 Å². The van der Waals surface area contributed by atoms with Crippen LogP contribution in [0.15, 0.2) is 40.3 Å². The van der Waals surface area contributed by atoms with Crippen molar-refractivity contribution in [2.75, 3.05) is 13.7 Å². The third kappa shape index (κ3) is 4.84. The number of amidine groups is 1. The van der Waals surface area contributed by atoms with Crippen LogP contribution in [-0.4, -0.2) is 60.6 Å². The number of carbonyl (C=O) groups excluding carboxylic acids is 3. The van der Waals surface area contributed by atoms with Crippen LogP contribution in [0.25, 0.3) is 0 Å². The molecule has 1 saturated heterocycles. The number of carbonyl (C=O) groups is 3. The fraction of sp³-hybridized carbons (Fsp3) is 0.476. The molecule has 3 N–H and O–H groups in total. The van der Waals surface area contributed by atoms with Gasteiger partial charge in [-0.3, -0.25) is 19.4 Å². The van der Waals surface area contributed by atoms with Crippen molar-refractivity contribution in [1.29, 1.82) is 0 Å². The smallest absolute Gasteiger partial charge is 0.311 e. The first kappa shape index (κ1) is 21.5. The molecule has 9 nitrogen and oxygen atoms in total. The van der Waals surface area contributed by atoms with Gasteiger partial charge in [-0.1, -0.05) is 30.3 Å². The minimum absolute atomic E-state index is 0.0658. The molecular weight excluding hydrogens is 386 g/mol. The number of amides is 2. The molecule has 0 radical (unpaired) electrons. The molecule has 30 heavy (non-hydrogen) atoms. The molecule has 0 unspecified atom stereocenters. The number of ether oxygens (including phenoxy) is 1. The third-order valence-electron chi connectivity index (χ3n) is 5.50. The van der Waals surface area contributed by atoms with Crippen molar-refractivity contribution in [1.82, 2.24) is 10.2 Å². The lowest BCUT2D eigenvalue weighted by molar-refractivity contribution is -0.146. The Labute approximate surface area is 175 Å². The standard InChI is InChI=1S/C21H27N5O4/c1-3-30-21(29)16-14-9-10-15(20(28)26(2)17(14)16)25-19(27)18(22)24-12-23-11-13-7-5-4-6-8-13/h4-8,12,14-17H,3,9-11H2,1-2H3,(H,25,27)(H2,22,23,24)/t14-,15-,16+,17-/m0/s1. The highest BCUT2D eigenvalue weighted by Gasteiger charge is 2.60. The molecule has 160 valence electrons. The van der Waals surface area contributed by atoms with E-state index in [4.69, 9.17) is 10.5 Å². The minimum atomic E-state index is -0.701. The maximum Gasteiger partial charge on any atom is 0.311 e. The van der Waals surface area contributed by atoms with Crippen LogP contribution in [0.1, 0.15) is 25.3 Å². The number of likely N-dealkylation sites (tertiary alicyclic amines) is 1. The van der Waals surface area contributed by atoms with Crippen molar-refractivity contribution in [2.45, 2.75) is 38.4 Å². The zero-order valence-corrected chi connectivity index (χ0v) is 17.2. The predicted molar refractivity (Wildman–Crippen MR) is 112 cm³/mol. The highest BCUT2D eigenvalue weighted by molar-refractivity contribution is 6.38. The van der Waals surface area contributed by atoms with Crippen LogP contribution in [0.5, 0.6) is 0 Å². The van der Waals surface area contributed by atoms with Crippen LogP contribution in [0.4, 0.5) is 0 Å². The van der Waals surface area contributed by atoms with E-state index in [1.54, 1.807) is 18.9 Å². The van der Waals surface area contributed by atoms with E-state index >= 15 is 0 Å². The first-order valence-corrected chi connectivity index (χ1v) is 10.0. The zero-order valence-electron chi connectivity index (χ0n) is 17.2. The summed E-state index contributed by atoms with van der Waals surface area (Å²) in [5, 5.41) is 2.64. The number of fused-ring (bicyclic) bond motifs is 1. The van der Waals surface area contributed by atoms with E-state index in [9.17, 15) is 14.4 Å². The molecule has 0 aromatic heterocycles. The second-order valence-electron chi connectivity index (χ2n) is 7.44. The molecule has 9 heteroatoms. The van der Waals surface area contributed by atoms with E-state index in [1.165, 1.54) is 6.34 Å². The van der Waals surface area contributed by atoms with Gasteiger partial charge in [-0.05, 0) is 31.2 Å². The number of nitrogens with one attached hydrogen (secondary N) is 1. The van der Waals surface area contributed by atoms with Gasteiger partial charge in [0.25, 0.3) is 5.91 Å². The fourth-order valence-electron chi connectivity index (χ4n) is 3.92. The molecule has 1 heterocycles. The summed E-state index contributed by atoms with van der Waals surface area (Å²) in [5.74, 6) is -1.60.